The number of piperidine rings is 1. The molecule has 0 aromatic heterocycles. The molecule has 21 heavy (non-hydrogen) atoms. The van der Waals surface area contributed by atoms with Crippen molar-refractivity contribution in [2.24, 2.45) is 17.8 Å². The molecule has 3 unspecified atom stereocenters. The quantitative estimate of drug-likeness (QED) is 0.740. The standard InChI is InChI=1S/C14H24N2O4S/c1-21-6-5-20-14(19)16-4-2-3-10(9-16)11-7-15-8-12(11)13(17)18/h10-12,15H,2-9H2,1H3,(H,17,18). The van der Waals surface area contributed by atoms with Gasteiger partial charge in [0, 0.05) is 25.4 Å². The van der Waals surface area contributed by atoms with Crippen molar-refractivity contribution < 1.29 is 19.4 Å². The number of amides is 1. The molecule has 0 radical (unpaired) electrons. The summed E-state index contributed by atoms with van der Waals surface area (Å²) in [7, 11) is 0. The Balaban J connectivity index is 1.88. The lowest BCUT2D eigenvalue weighted by molar-refractivity contribution is -0.143. The number of likely N-dealkylation sites (tertiary alicyclic amines) is 1. The molecule has 2 rings (SSSR count). The molecule has 0 aromatic rings. The molecule has 2 fully saturated rings. The van der Waals surface area contributed by atoms with Crippen LogP contribution in [0.1, 0.15) is 12.8 Å². The van der Waals surface area contributed by atoms with Crippen LogP contribution in [0, 0.1) is 17.8 Å². The number of hydrogen-bond acceptors (Lipinski definition) is 5. The normalized spacial score (nSPS) is 29.4. The Labute approximate surface area is 129 Å². The van der Waals surface area contributed by atoms with Gasteiger partial charge in [-0.25, -0.2) is 4.79 Å². The first kappa shape index (κ1) is 16.4. The minimum absolute atomic E-state index is 0.115. The smallest absolute Gasteiger partial charge is 0.409 e. The van der Waals surface area contributed by atoms with Crippen molar-refractivity contribution in [2.75, 3.05) is 44.8 Å². The van der Waals surface area contributed by atoms with Crippen LogP contribution < -0.4 is 5.32 Å². The second kappa shape index (κ2) is 7.89. The van der Waals surface area contributed by atoms with E-state index in [0.29, 0.717) is 26.2 Å². The van der Waals surface area contributed by atoms with E-state index >= 15 is 0 Å². The van der Waals surface area contributed by atoms with Crippen LogP contribution in [-0.2, 0) is 9.53 Å². The second-order valence-corrected chi connectivity index (χ2v) is 6.71. The van der Waals surface area contributed by atoms with Crippen LogP contribution in [0.3, 0.4) is 0 Å². The maximum atomic E-state index is 12.0. The van der Waals surface area contributed by atoms with Gasteiger partial charge in [-0.3, -0.25) is 4.79 Å². The van der Waals surface area contributed by atoms with Crippen molar-refractivity contribution in [3.05, 3.63) is 0 Å². The molecule has 1 amide bonds. The summed E-state index contributed by atoms with van der Waals surface area (Å²) in [5.41, 5.74) is 0. The molecule has 2 heterocycles. The molecular weight excluding hydrogens is 292 g/mol. The summed E-state index contributed by atoms with van der Waals surface area (Å²) in [6.07, 6.45) is 3.63. The van der Waals surface area contributed by atoms with Gasteiger partial charge in [0.15, 0.2) is 0 Å². The highest BCUT2D eigenvalue weighted by molar-refractivity contribution is 7.98. The predicted octanol–water partition coefficient (Wildman–Crippen LogP) is 1.12. The largest absolute Gasteiger partial charge is 0.481 e. The topological polar surface area (TPSA) is 78.9 Å². The Morgan fingerprint density at radius 3 is 2.95 bits per heavy atom. The van der Waals surface area contributed by atoms with Crippen molar-refractivity contribution in [2.45, 2.75) is 12.8 Å². The zero-order valence-electron chi connectivity index (χ0n) is 12.4. The third kappa shape index (κ3) is 4.26. The Morgan fingerprint density at radius 2 is 2.24 bits per heavy atom. The number of nitrogens with zero attached hydrogens (tertiary/aromatic N) is 1. The molecule has 0 aromatic carbocycles. The number of carboxylic acids is 1. The molecule has 0 spiro atoms. The van der Waals surface area contributed by atoms with Gasteiger partial charge in [0.1, 0.15) is 6.61 Å². The summed E-state index contributed by atoms with van der Waals surface area (Å²) >= 11 is 1.65. The Kier molecular flexibility index (Phi) is 6.17. The Bertz CT molecular complexity index is 380. The number of aliphatic carboxylic acids is 1. The lowest BCUT2D eigenvalue weighted by Gasteiger charge is -2.36. The number of nitrogens with one attached hydrogen (secondary N) is 1. The van der Waals surface area contributed by atoms with Gasteiger partial charge in [0.2, 0.25) is 0 Å². The first-order chi connectivity index (χ1) is 10.1. The van der Waals surface area contributed by atoms with Crippen molar-refractivity contribution >= 4 is 23.8 Å². The maximum absolute atomic E-state index is 12.0. The number of carbonyl (C=O) groups excluding carboxylic acids is 1. The molecule has 3 atom stereocenters. The molecule has 2 N–H and O–H groups in total. The van der Waals surface area contributed by atoms with Crippen LogP contribution in [0.15, 0.2) is 0 Å². The number of rotatable bonds is 5. The van der Waals surface area contributed by atoms with Crippen molar-refractivity contribution in [3.63, 3.8) is 0 Å². The first-order valence-corrected chi connectivity index (χ1v) is 8.87. The van der Waals surface area contributed by atoms with Gasteiger partial charge < -0.3 is 20.1 Å². The molecule has 2 aliphatic rings. The van der Waals surface area contributed by atoms with Crippen LogP contribution in [0.4, 0.5) is 4.79 Å². The fourth-order valence-electron chi connectivity index (χ4n) is 3.29. The van der Waals surface area contributed by atoms with Gasteiger partial charge in [0.05, 0.1) is 5.92 Å². The minimum atomic E-state index is -0.732. The van der Waals surface area contributed by atoms with Gasteiger partial charge >= 0.3 is 12.1 Å². The molecule has 0 saturated carbocycles. The molecule has 0 bridgehead atoms. The zero-order chi connectivity index (χ0) is 15.2. The highest BCUT2D eigenvalue weighted by Crippen LogP contribution is 2.32. The monoisotopic (exact) mass is 316 g/mol. The molecule has 0 aliphatic carbocycles. The minimum Gasteiger partial charge on any atom is -0.481 e. The molecule has 2 saturated heterocycles. The molecule has 120 valence electrons. The summed E-state index contributed by atoms with van der Waals surface area (Å²) in [4.78, 5) is 25.0. The van der Waals surface area contributed by atoms with E-state index in [2.05, 4.69) is 5.32 Å². The van der Waals surface area contributed by atoms with E-state index in [-0.39, 0.29) is 23.8 Å². The van der Waals surface area contributed by atoms with Gasteiger partial charge in [0.25, 0.3) is 0 Å². The molecule has 6 nitrogen and oxygen atoms in total. The molecular formula is C14H24N2O4S. The van der Waals surface area contributed by atoms with Crippen molar-refractivity contribution in [3.8, 4) is 0 Å². The number of thioether (sulfide) groups is 1. The zero-order valence-corrected chi connectivity index (χ0v) is 13.2. The van der Waals surface area contributed by atoms with Gasteiger partial charge in [-0.1, -0.05) is 0 Å². The fourth-order valence-corrected chi connectivity index (χ4v) is 3.54. The van der Waals surface area contributed by atoms with Gasteiger partial charge in [-0.2, -0.15) is 11.8 Å². The third-order valence-electron chi connectivity index (χ3n) is 4.41. The van der Waals surface area contributed by atoms with E-state index < -0.39 is 5.97 Å². The summed E-state index contributed by atoms with van der Waals surface area (Å²) in [5, 5.41) is 12.5. The van der Waals surface area contributed by atoms with Crippen molar-refractivity contribution in [1.82, 2.24) is 10.2 Å². The van der Waals surface area contributed by atoms with Crippen LogP contribution in [0.25, 0.3) is 0 Å². The van der Waals surface area contributed by atoms with E-state index in [1.165, 1.54) is 0 Å². The summed E-state index contributed by atoms with van der Waals surface area (Å²) in [6.45, 7) is 3.04. The number of carbonyl (C=O) groups is 2. The Hall–Kier alpha value is -0.950. The molecule has 2 aliphatic heterocycles. The lowest BCUT2D eigenvalue weighted by Crippen LogP contribution is -2.44. The first-order valence-electron chi connectivity index (χ1n) is 7.47. The van der Waals surface area contributed by atoms with Crippen LogP contribution in [0.2, 0.25) is 0 Å². The summed E-state index contributed by atoms with van der Waals surface area (Å²) in [5.74, 6) is 0.107. The van der Waals surface area contributed by atoms with Crippen LogP contribution in [0.5, 0.6) is 0 Å². The lowest BCUT2D eigenvalue weighted by atomic mass is 9.79. The average molecular weight is 316 g/mol. The van der Waals surface area contributed by atoms with Crippen LogP contribution in [-0.4, -0.2) is 66.9 Å². The maximum Gasteiger partial charge on any atom is 0.409 e. The summed E-state index contributed by atoms with van der Waals surface area (Å²) < 4.78 is 5.24. The number of ether oxygens (including phenoxy) is 1. The van der Waals surface area contributed by atoms with Crippen LogP contribution >= 0.6 is 11.8 Å². The fraction of sp³-hybridized carbons (Fsp3) is 0.857. The average Bonchev–Trinajstić information content (AvgIpc) is 2.97. The predicted molar refractivity (Wildman–Crippen MR) is 81.5 cm³/mol. The summed E-state index contributed by atoms with van der Waals surface area (Å²) in [6, 6.07) is 0. The SMILES string of the molecule is CSCCOC(=O)N1CCCC(C2CNCC2C(=O)O)C1. The van der Waals surface area contributed by atoms with E-state index in [9.17, 15) is 14.7 Å². The third-order valence-corrected chi connectivity index (χ3v) is 4.99. The number of carboxylic acid groups (broad SMARTS) is 1. The number of hydrogen-bond donors (Lipinski definition) is 2. The molecule has 7 heteroatoms. The highest BCUT2D eigenvalue weighted by Gasteiger charge is 2.40. The highest BCUT2D eigenvalue weighted by atomic mass is 32.2. The second-order valence-electron chi connectivity index (χ2n) is 5.72. The van der Waals surface area contributed by atoms with E-state index in [1.807, 2.05) is 6.26 Å². The van der Waals surface area contributed by atoms with Crippen molar-refractivity contribution in [1.29, 1.82) is 0 Å². The van der Waals surface area contributed by atoms with E-state index in [0.717, 1.165) is 25.1 Å². The van der Waals surface area contributed by atoms with E-state index in [4.69, 9.17) is 4.74 Å². The van der Waals surface area contributed by atoms with Gasteiger partial charge in [-0.05, 0) is 37.5 Å². The van der Waals surface area contributed by atoms with Gasteiger partial charge in [-0.15, -0.1) is 0 Å². The Morgan fingerprint density at radius 1 is 1.43 bits per heavy atom. The van der Waals surface area contributed by atoms with E-state index in [1.54, 1.807) is 16.7 Å².